The minimum Gasteiger partial charge on any atom is -0.449 e. The lowest BCUT2D eigenvalue weighted by atomic mass is 10.1. The second-order valence-electron chi connectivity index (χ2n) is 6.42. The maximum absolute atomic E-state index is 12.6. The number of carbonyl (C=O) groups excluding carboxylic acids is 2. The second kappa shape index (κ2) is 7.99. The Morgan fingerprint density at radius 2 is 1.81 bits per heavy atom. The first-order valence-corrected chi connectivity index (χ1v) is 8.95. The van der Waals surface area contributed by atoms with E-state index in [1.54, 1.807) is 13.0 Å². The number of aryl methyl sites for hydroxylation is 2. The third kappa shape index (κ3) is 4.31. The molecule has 0 saturated carbocycles. The molecule has 0 aliphatic heterocycles. The van der Waals surface area contributed by atoms with E-state index in [0.29, 0.717) is 22.3 Å². The third-order valence-electron chi connectivity index (χ3n) is 4.35. The molecule has 0 bridgehead atoms. The first-order chi connectivity index (χ1) is 13.0. The van der Waals surface area contributed by atoms with Gasteiger partial charge in [-0.25, -0.2) is 4.79 Å². The summed E-state index contributed by atoms with van der Waals surface area (Å²) < 4.78 is 5.40. The van der Waals surface area contributed by atoms with Gasteiger partial charge in [-0.05, 0) is 50.1 Å². The standard InChI is InChI=1S/C22H22N2O3/c1-4-16-9-11-17(12-10-16)24-21(25)15(3)27-22(26)19-13-14(2)23-20-8-6-5-7-18(19)20/h5-13,15H,4H2,1-3H3,(H,24,25)/t15-/m1/s1. The van der Waals surface area contributed by atoms with Crippen LogP contribution in [0, 0.1) is 6.92 Å². The summed E-state index contributed by atoms with van der Waals surface area (Å²) in [6, 6.07) is 16.6. The number of esters is 1. The Bertz CT molecular complexity index is 981. The molecule has 3 aromatic rings. The summed E-state index contributed by atoms with van der Waals surface area (Å²) in [5, 5.41) is 3.47. The minimum atomic E-state index is -0.921. The predicted octanol–water partition coefficient (Wildman–Crippen LogP) is 4.29. The SMILES string of the molecule is CCc1ccc(NC(=O)[C@@H](C)OC(=O)c2cc(C)nc3ccccc23)cc1. The molecule has 1 aromatic heterocycles. The second-order valence-corrected chi connectivity index (χ2v) is 6.42. The van der Waals surface area contributed by atoms with Crippen LogP contribution in [0.25, 0.3) is 10.9 Å². The van der Waals surface area contributed by atoms with Gasteiger partial charge in [0, 0.05) is 16.8 Å². The topological polar surface area (TPSA) is 68.3 Å². The Labute approximate surface area is 158 Å². The molecule has 0 unspecified atom stereocenters. The minimum absolute atomic E-state index is 0.373. The molecule has 27 heavy (non-hydrogen) atoms. The van der Waals surface area contributed by atoms with E-state index in [9.17, 15) is 9.59 Å². The Kier molecular flexibility index (Phi) is 5.50. The van der Waals surface area contributed by atoms with E-state index in [1.165, 1.54) is 5.56 Å². The summed E-state index contributed by atoms with van der Waals surface area (Å²) in [7, 11) is 0. The van der Waals surface area contributed by atoms with Crippen molar-refractivity contribution in [3.8, 4) is 0 Å². The van der Waals surface area contributed by atoms with E-state index in [1.807, 2.05) is 55.5 Å². The molecular formula is C22H22N2O3. The molecule has 5 nitrogen and oxygen atoms in total. The van der Waals surface area contributed by atoms with Gasteiger partial charge in [-0.1, -0.05) is 37.3 Å². The van der Waals surface area contributed by atoms with Gasteiger partial charge < -0.3 is 10.1 Å². The van der Waals surface area contributed by atoms with Gasteiger partial charge in [-0.2, -0.15) is 0 Å². The van der Waals surface area contributed by atoms with Crippen LogP contribution in [0.1, 0.15) is 35.5 Å². The number of nitrogens with one attached hydrogen (secondary N) is 1. The van der Waals surface area contributed by atoms with Crippen molar-refractivity contribution in [2.24, 2.45) is 0 Å². The summed E-state index contributed by atoms with van der Waals surface area (Å²) in [5.41, 5.74) is 3.70. The Morgan fingerprint density at radius 3 is 2.52 bits per heavy atom. The molecule has 5 heteroatoms. The number of para-hydroxylation sites is 1. The van der Waals surface area contributed by atoms with Gasteiger partial charge in [-0.3, -0.25) is 9.78 Å². The van der Waals surface area contributed by atoms with Gasteiger partial charge in [-0.15, -0.1) is 0 Å². The van der Waals surface area contributed by atoms with Crippen LogP contribution < -0.4 is 5.32 Å². The number of pyridine rings is 1. The first kappa shape index (κ1) is 18.6. The lowest BCUT2D eigenvalue weighted by Crippen LogP contribution is -2.30. The maximum atomic E-state index is 12.6. The molecule has 1 N–H and O–H groups in total. The monoisotopic (exact) mass is 362 g/mol. The number of ether oxygens (including phenoxy) is 1. The lowest BCUT2D eigenvalue weighted by molar-refractivity contribution is -0.123. The molecule has 0 fully saturated rings. The smallest absolute Gasteiger partial charge is 0.339 e. The van der Waals surface area contributed by atoms with Crippen LogP contribution in [-0.2, 0) is 16.0 Å². The zero-order chi connectivity index (χ0) is 19.4. The molecule has 1 atom stereocenters. The molecule has 0 saturated heterocycles. The van der Waals surface area contributed by atoms with Crippen molar-refractivity contribution in [1.82, 2.24) is 4.98 Å². The van der Waals surface area contributed by atoms with Crippen molar-refractivity contribution in [3.63, 3.8) is 0 Å². The highest BCUT2D eigenvalue weighted by molar-refractivity contribution is 6.05. The number of nitrogens with zero attached hydrogens (tertiary/aromatic N) is 1. The summed E-state index contributed by atoms with van der Waals surface area (Å²) in [6.07, 6.45) is 0.0113. The molecule has 2 aromatic carbocycles. The van der Waals surface area contributed by atoms with Gasteiger partial charge in [0.2, 0.25) is 0 Å². The van der Waals surface area contributed by atoms with Crippen molar-refractivity contribution in [2.75, 3.05) is 5.32 Å². The van der Waals surface area contributed by atoms with Crippen LogP contribution in [-0.4, -0.2) is 23.0 Å². The average Bonchev–Trinajstić information content (AvgIpc) is 2.67. The highest BCUT2D eigenvalue weighted by Gasteiger charge is 2.21. The number of carbonyl (C=O) groups is 2. The summed E-state index contributed by atoms with van der Waals surface area (Å²) >= 11 is 0. The molecule has 1 amide bonds. The molecule has 0 radical (unpaired) electrons. The summed E-state index contributed by atoms with van der Waals surface area (Å²) in [5.74, 6) is -0.914. The molecule has 0 spiro atoms. The molecule has 0 aliphatic carbocycles. The number of aromatic nitrogens is 1. The van der Waals surface area contributed by atoms with Crippen molar-refractivity contribution in [3.05, 3.63) is 71.4 Å². The Balaban J connectivity index is 1.72. The number of amides is 1. The zero-order valence-corrected chi connectivity index (χ0v) is 15.7. The van der Waals surface area contributed by atoms with Crippen LogP contribution in [0.4, 0.5) is 5.69 Å². The van der Waals surface area contributed by atoms with E-state index < -0.39 is 12.1 Å². The fraction of sp³-hybridized carbons (Fsp3) is 0.227. The van der Waals surface area contributed by atoms with Crippen LogP contribution in [0.2, 0.25) is 0 Å². The number of hydrogen-bond acceptors (Lipinski definition) is 4. The Hall–Kier alpha value is -3.21. The van der Waals surface area contributed by atoms with Crippen LogP contribution >= 0.6 is 0 Å². The fourth-order valence-corrected chi connectivity index (χ4v) is 2.82. The average molecular weight is 362 g/mol. The third-order valence-corrected chi connectivity index (χ3v) is 4.35. The predicted molar refractivity (Wildman–Crippen MR) is 106 cm³/mol. The summed E-state index contributed by atoms with van der Waals surface area (Å²) in [6.45, 7) is 5.45. The van der Waals surface area contributed by atoms with Crippen molar-refractivity contribution in [1.29, 1.82) is 0 Å². The number of hydrogen-bond donors (Lipinski definition) is 1. The molecule has 0 aliphatic rings. The van der Waals surface area contributed by atoms with Crippen LogP contribution in [0.5, 0.6) is 0 Å². The van der Waals surface area contributed by atoms with E-state index in [2.05, 4.69) is 17.2 Å². The van der Waals surface area contributed by atoms with E-state index in [-0.39, 0.29) is 5.91 Å². The highest BCUT2D eigenvalue weighted by Crippen LogP contribution is 2.20. The number of benzene rings is 2. The number of fused-ring (bicyclic) bond motifs is 1. The van der Waals surface area contributed by atoms with Gasteiger partial charge in [0.25, 0.3) is 5.91 Å². The zero-order valence-electron chi connectivity index (χ0n) is 15.7. The normalized spacial score (nSPS) is 11.8. The number of anilines is 1. The Morgan fingerprint density at radius 1 is 1.11 bits per heavy atom. The van der Waals surface area contributed by atoms with Crippen molar-refractivity contribution < 1.29 is 14.3 Å². The van der Waals surface area contributed by atoms with E-state index in [4.69, 9.17) is 4.74 Å². The summed E-state index contributed by atoms with van der Waals surface area (Å²) in [4.78, 5) is 29.4. The molecule has 1 heterocycles. The first-order valence-electron chi connectivity index (χ1n) is 8.95. The maximum Gasteiger partial charge on any atom is 0.339 e. The quantitative estimate of drug-likeness (QED) is 0.688. The van der Waals surface area contributed by atoms with Crippen LogP contribution in [0.15, 0.2) is 54.6 Å². The molecule has 138 valence electrons. The number of rotatable bonds is 5. The van der Waals surface area contributed by atoms with Crippen molar-refractivity contribution >= 4 is 28.5 Å². The lowest BCUT2D eigenvalue weighted by Gasteiger charge is -2.15. The van der Waals surface area contributed by atoms with Gasteiger partial charge in [0.15, 0.2) is 6.10 Å². The van der Waals surface area contributed by atoms with Gasteiger partial charge in [0.1, 0.15) is 0 Å². The van der Waals surface area contributed by atoms with E-state index in [0.717, 1.165) is 11.9 Å². The van der Waals surface area contributed by atoms with Gasteiger partial charge >= 0.3 is 5.97 Å². The largest absolute Gasteiger partial charge is 0.449 e. The van der Waals surface area contributed by atoms with Gasteiger partial charge in [0.05, 0.1) is 11.1 Å². The fourth-order valence-electron chi connectivity index (χ4n) is 2.82. The molecule has 3 rings (SSSR count). The van der Waals surface area contributed by atoms with E-state index >= 15 is 0 Å². The van der Waals surface area contributed by atoms with Crippen molar-refractivity contribution in [2.45, 2.75) is 33.3 Å². The van der Waals surface area contributed by atoms with Crippen LogP contribution in [0.3, 0.4) is 0 Å². The highest BCUT2D eigenvalue weighted by atomic mass is 16.5. The molecular weight excluding hydrogens is 340 g/mol.